The summed E-state index contributed by atoms with van der Waals surface area (Å²) in [6.07, 6.45) is 11.2. The van der Waals surface area contributed by atoms with E-state index in [0.717, 1.165) is 38.5 Å². The molecule has 0 fully saturated rings. The summed E-state index contributed by atoms with van der Waals surface area (Å²) in [7, 11) is 0. The van der Waals surface area contributed by atoms with Crippen molar-refractivity contribution in [3.8, 4) is 0 Å². The molecule has 4 nitrogen and oxygen atoms in total. The normalized spacial score (nSPS) is 9.24. The van der Waals surface area contributed by atoms with Crippen molar-refractivity contribution in [3.63, 3.8) is 0 Å². The summed E-state index contributed by atoms with van der Waals surface area (Å²) in [4.78, 5) is 19.8. The SMILES string of the molecule is CCCCCCCC(=O)[O-].CCCCCCCC(=O)[O-].[Zr+2]. The minimum Gasteiger partial charge on any atom is -0.550 e. The largest absolute Gasteiger partial charge is 2.00 e. The number of hydrogen-bond donors (Lipinski definition) is 0. The van der Waals surface area contributed by atoms with Gasteiger partial charge >= 0.3 is 26.2 Å². The first kappa shape index (κ1) is 25.8. The van der Waals surface area contributed by atoms with Crippen molar-refractivity contribution in [1.29, 1.82) is 0 Å². The van der Waals surface area contributed by atoms with Crippen LogP contribution in [0.1, 0.15) is 90.9 Å². The number of hydrogen-bond acceptors (Lipinski definition) is 4. The molecule has 0 aliphatic heterocycles. The molecule has 0 aliphatic carbocycles. The maximum Gasteiger partial charge on any atom is 2.00 e. The van der Waals surface area contributed by atoms with Crippen LogP contribution < -0.4 is 10.2 Å². The van der Waals surface area contributed by atoms with Gasteiger partial charge in [0.15, 0.2) is 0 Å². The molecule has 0 radical (unpaired) electrons. The molecule has 0 saturated heterocycles. The Hall–Kier alpha value is -0.177. The van der Waals surface area contributed by atoms with E-state index >= 15 is 0 Å². The average Bonchev–Trinajstić information content (AvgIpc) is 2.38. The second kappa shape index (κ2) is 22.1. The monoisotopic (exact) mass is 376 g/mol. The van der Waals surface area contributed by atoms with E-state index in [1.165, 1.54) is 25.7 Å². The molecule has 0 heterocycles. The number of rotatable bonds is 12. The van der Waals surface area contributed by atoms with Crippen molar-refractivity contribution in [2.24, 2.45) is 0 Å². The second-order valence-corrected chi connectivity index (χ2v) is 5.07. The van der Waals surface area contributed by atoms with Gasteiger partial charge in [-0.1, -0.05) is 65.2 Å². The molecule has 0 N–H and O–H groups in total. The van der Waals surface area contributed by atoms with Gasteiger partial charge in [-0.05, 0) is 25.7 Å². The zero-order valence-corrected chi connectivity index (χ0v) is 16.1. The van der Waals surface area contributed by atoms with Crippen LogP contribution in [0.4, 0.5) is 0 Å². The first-order chi connectivity index (χ1) is 9.54. The Morgan fingerprint density at radius 3 is 1.14 bits per heavy atom. The molecular formula is C16H30O4Zr. The van der Waals surface area contributed by atoms with E-state index in [9.17, 15) is 19.8 Å². The van der Waals surface area contributed by atoms with Crippen molar-refractivity contribution >= 4 is 11.9 Å². The molecule has 0 amide bonds. The molecule has 0 aromatic rings. The summed E-state index contributed by atoms with van der Waals surface area (Å²) in [5, 5.41) is 19.8. The maximum absolute atomic E-state index is 9.92. The Bertz CT molecular complexity index is 208. The first-order valence-corrected chi connectivity index (χ1v) is 7.94. The molecule has 0 rings (SSSR count). The Balaban J connectivity index is -0.000000295. The quantitative estimate of drug-likeness (QED) is 0.488. The molecule has 21 heavy (non-hydrogen) atoms. The Morgan fingerprint density at radius 2 is 0.905 bits per heavy atom. The van der Waals surface area contributed by atoms with Gasteiger partial charge in [0.25, 0.3) is 0 Å². The summed E-state index contributed by atoms with van der Waals surface area (Å²) in [6.45, 7) is 4.28. The average molecular weight is 378 g/mol. The molecule has 0 atom stereocenters. The van der Waals surface area contributed by atoms with Crippen LogP contribution in [-0.4, -0.2) is 11.9 Å². The van der Waals surface area contributed by atoms with Crippen LogP contribution in [0.2, 0.25) is 0 Å². The van der Waals surface area contributed by atoms with Crippen LogP contribution in [0.3, 0.4) is 0 Å². The smallest absolute Gasteiger partial charge is 0.550 e. The van der Waals surface area contributed by atoms with Gasteiger partial charge in [-0.25, -0.2) is 0 Å². The van der Waals surface area contributed by atoms with Crippen molar-refractivity contribution in [2.45, 2.75) is 90.9 Å². The standard InChI is InChI=1S/2C8H16O2.Zr/c2*1-2-3-4-5-6-7-8(9)10;/h2*2-7H2,1H3,(H,9,10);/q;;+2/p-2. The van der Waals surface area contributed by atoms with Gasteiger partial charge in [0.2, 0.25) is 0 Å². The fourth-order valence-electron chi connectivity index (χ4n) is 1.75. The van der Waals surface area contributed by atoms with E-state index in [1.807, 2.05) is 0 Å². The van der Waals surface area contributed by atoms with Crippen LogP contribution in [-0.2, 0) is 35.8 Å². The fraction of sp³-hybridized carbons (Fsp3) is 0.875. The molecule has 0 aliphatic rings. The van der Waals surface area contributed by atoms with E-state index in [2.05, 4.69) is 13.8 Å². The van der Waals surface area contributed by atoms with Gasteiger partial charge in [0.05, 0.1) is 0 Å². The predicted molar refractivity (Wildman–Crippen MR) is 76.8 cm³/mol. The molecule has 122 valence electrons. The molecule has 5 heteroatoms. The molecule has 0 bridgehead atoms. The van der Waals surface area contributed by atoms with E-state index in [0.29, 0.717) is 0 Å². The van der Waals surface area contributed by atoms with Crippen molar-refractivity contribution in [3.05, 3.63) is 0 Å². The summed E-state index contributed by atoms with van der Waals surface area (Å²) in [5.74, 6) is -1.84. The summed E-state index contributed by atoms with van der Waals surface area (Å²) in [5.41, 5.74) is 0. The number of unbranched alkanes of at least 4 members (excludes halogenated alkanes) is 8. The zero-order valence-electron chi connectivity index (χ0n) is 13.6. The van der Waals surface area contributed by atoms with Crippen LogP contribution in [0.5, 0.6) is 0 Å². The number of aliphatic carboxylic acids is 2. The Labute approximate surface area is 148 Å². The summed E-state index contributed by atoms with van der Waals surface area (Å²) in [6, 6.07) is 0. The predicted octanol–water partition coefficient (Wildman–Crippen LogP) is 2.19. The van der Waals surface area contributed by atoms with Crippen LogP contribution in [0, 0.1) is 0 Å². The van der Waals surface area contributed by atoms with Crippen molar-refractivity contribution < 1.29 is 46.0 Å². The minimum atomic E-state index is -0.920. The Morgan fingerprint density at radius 1 is 0.619 bits per heavy atom. The number of carbonyl (C=O) groups excluding carboxylic acids is 2. The fourth-order valence-corrected chi connectivity index (χ4v) is 1.75. The molecule has 0 aromatic heterocycles. The van der Waals surface area contributed by atoms with Gasteiger partial charge < -0.3 is 19.8 Å². The molecule has 0 saturated carbocycles. The van der Waals surface area contributed by atoms with Gasteiger partial charge in [-0.2, -0.15) is 0 Å². The number of carboxylic acid groups (broad SMARTS) is 2. The first-order valence-electron chi connectivity index (χ1n) is 7.94. The molecule has 0 aromatic carbocycles. The van der Waals surface area contributed by atoms with Gasteiger partial charge in [-0.15, -0.1) is 0 Å². The number of carboxylic acids is 2. The Kier molecular flexibility index (Phi) is 27.1. The van der Waals surface area contributed by atoms with E-state index in [1.54, 1.807) is 0 Å². The third-order valence-corrected chi connectivity index (χ3v) is 2.97. The van der Waals surface area contributed by atoms with Crippen LogP contribution >= 0.6 is 0 Å². The third-order valence-electron chi connectivity index (χ3n) is 2.97. The van der Waals surface area contributed by atoms with Crippen molar-refractivity contribution in [2.75, 3.05) is 0 Å². The minimum absolute atomic E-state index is 0. The molecule has 0 spiro atoms. The summed E-state index contributed by atoms with van der Waals surface area (Å²) < 4.78 is 0. The van der Waals surface area contributed by atoms with Crippen molar-refractivity contribution in [1.82, 2.24) is 0 Å². The molecule has 0 unspecified atom stereocenters. The summed E-state index contributed by atoms with van der Waals surface area (Å²) >= 11 is 0. The second-order valence-electron chi connectivity index (χ2n) is 5.07. The molecular weight excluding hydrogens is 347 g/mol. The third kappa shape index (κ3) is 33.0. The van der Waals surface area contributed by atoms with Gasteiger partial charge in [0, 0.05) is 11.9 Å². The van der Waals surface area contributed by atoms with E-state index in [-0.39, 0.29) is 39.0 Å². The van der Waals surface area contributed by atoms with Crippen LogP contribution in [0.25, 0.3) is 0 Å². The topological polar surface area (TPSA) is 80.3 Å². The van der Waals surface area contributed by atoms with Gasteiger partial charge in [-0.3, -0.25) is 0 Å². The van der Waals surface area contributed by atoms with E-state index < -0.39 is 11.9 Å². The van der Waals surface area contributed by atoms with Gasteiger partial charge in [0.1, 0.15) is 0 Å². The van der Waals surface area contributed by atoms with E-state index in [4.69, 9.17) is 0 Å². The zero-order chi connectivity index (χ0) is 15.6. The number of carbonyl (C=O) groups is 2. The van der Waals surface area contributed by atoms with Crippen LogP contribution in [0.15, 0.2) is 0 Å². The maximum atomic E-state index is 9.92.